The largest absolute Gasteiger partial charge is 0.442 e. The number of aromatic nitrogens is 1. The minimum atomic E-state index is -0.603. The van der Waals surface area contributed by atoms with E-state index in [9.17, 15) is 9.59 Å². The molecular formula is C14H22N2O3S. The Kier molecular flexibility index (Phi) is 5.68. The molecule has 0 aliphatic rings. The molecule has 1 aromatic heterocycles. The molecule has 0 radical (unpaired) electrons. The summed E-state index contributed by atoms with van der Waals surface area (Å²) in [4.78, 5) is 24.8. The molecule has 5 nitrogen and oxygen atoms in total. The Hall–Kier alpha value is -1.43. The summed E-state index contributed by atoms with van der Waals surface area (Å²) in [6.07, 6.45) is 2.71. The maximum atomic E-state index is 12.2. The lowest BCUT2D eigenvalue weighted by atomic mass is 10.2. The van der Waals surface area contributed by atoms with E-state index in [2.05, 4.69) is 12.6 Å². The third-order valence-electron chi connectivity index (χ3n) is 2.47. The second kappa shape index (κ2) is 6.83. The van der Waals surface area contributed by atoms with Crippen LogP contribution in [0.2, 0.25) is 0 Å². The van der Waals surface area contributed by atoms with Crippen molar-refractivity contribution in [3.63, 3.8) is 0 Å². The summed E-state index contributed by atoms with van der Waals surface area (Å²) in [5.74, 6) is 0. The van der Waals surface area contributed by atoms with E-state index in [0.29, 0.717) is 11.4 Å². The van der Waals surface area contributed by atoms with Crippen LogP contribution in [0.4, 0.5) is 4.79 Å². The van der Waals surface area contributed by atoms with Crippen LogP contribution in [0.25, 0.3) is 0 Å². The average Bonchev–Trinajstić information content (AvgIpc) is 2.29. The van der Waals surface area contributed by atoms with E-state index in [-0.39, 0.29) is 5.56 Å². The van der Waals surface area contributed by atoms with Gasteiger partial charge in [-0.15, -0.1) is 12.6 Å². The second-order valence-corrected chi connectivity index (χ2v) is 6.04. The van der Waals surface area contributed by atoms with Crippen LogP contribution in [0.5, 0.6) is 0 Å². The highest BCUT2D eigenvalue weighted by atomic mass is 32.1. The topological polar surface area (TPSA) is 51.5 Å². The molecule has 0 spiro atoms. The maximum Gasteiger partial charge on any atom is 0.429 e. The predicted molar refractivity (Wildman–Crippen MR) is 82.2 cm³/mol. The van der Waals surface area contributed by atoms with Crippen LogP contribution in [0.1, 0.15) is 40.5 Å². The molecule has 0 aliphatic heterocycles. The fourth-order valence-corrected chi connectivity index (χ4v) is 1.75. The molecule has 1 heterocycles. The summed E-state index contributed by atoms with van der Waals surface area (Å²) in [7, 11) is 0. The molecule has 0 unspecified atom stereocenters. The number of pyridine rings is 1. The highest BCUT2D eigenvalue weighted by Crippen LogP contribution is 2.10. The van der Waals surface area contributed by atoms with Crippen molar-refractivity contribution in [2.24, 2.45) is 0 Å². The van der Waals surface area contributed by atoms with E-state index in [0.717, 1.165) is 12.8 Å². The number of thiol groups is 1. The van der Waals surface area contributed by atoms with Crippen LogP contribution >= 0.6 is 12.6 Å². The molecular weight excluding hydrogens is 276 g/mol. The molecule has 0 aromatic carbocycles. The Balaban J connectivity index is 3.05. The van der Waals surface area contributed by atoms with E-state index in [1.54, 1.807) is 26.8 Å². The van der Waals surface area contributed by atoms with Crippen molar-refractivity contribution in [3.05, 3.63) is 28.7 Å². The lowest BCUT2D eigenvalue weighted by molar-refractivity contribution is 0.0535. The van der Waals surface area contributed by atoms with Gasteiger partial charge in [0.2, 0.25) is 0 Å². The van der Waals surface area contributed by atoms with Gasteiger partial charge in [-0.2, -0.15) is 0 Å². The molecule has 0 atom stereocenters. The van der Waals surface area contributed by atoms with Crippen LogP contribution in [0.3, 0.4) is 0 Å². The van der Waals surface area contributed by atoms with Gasteiger partial charge >= 0.3 is 6.09 Å². The summed E-state index contributed by atoms with van der Waals surface area (Å²) in [6, 6.07) is 3.03. The van der Waals surface area contributed by atoms with Crippen molar-refractivity contribution in [2.45, 2.75) is 51.0 Å². The normalized spacial score (nSPS) is 11.2. The highest BCUT2D eigenvalue weighted by molar-refractivity contribution is 7.80. The zero-order valence-electron chi connectivity index (χ0n) is 12.4. The van der Waals surface area contributed by atoms with Gasteiger partial charge in [-0.3, -0.25) is 4.79 Å². The van der Waals surface area contributed by atoms with Gasteiger partial charge in [0.25, 0.3) is 5.56 Å². The molecule has 1 rings (SSSR count). The number of carbonyl (C=O) groups excluding carboxylic acids is 1. The van der Waals surface area contributed by atoms with Gasteiger partial charge in [-0.25, -0.2) is 14.5 Å². The zero-order valence-corrected chi connectivity index (χ0v) is 13.3. The van der Waals surface area contributed by atoms with Gasteiger partial charge in [0.1, 0.15) is 5.60 Å². The smallest absolute Gasteiger partial charge is 0.429 e. The van der Waals surface area contributed by atoms with Gasteiger partial charge in [0.15, 0.2) is 0 Å². The molecule has 112 valence electrons. The number of carbonyl (C=O) groups is 1. The minimum Gasteiger partial charge on any atom is -0.442 e. The average molecular weight is 298 g/mol. The maximum absolute atomic E-state index is 12.2. The lowest BCUT2D eigenvalue weighted by Gasteiger charge is -2.28. The molecule has 6 heteroatoms. The van der Waals surface area contributed by atoms with E-state index < -0.39 is 11.7 Å². The molecule has 0 bridgehead atoms. The molecule has 0 N–H and O–H groups in total. The first-order chi connectivity index (χ1) is 9.24. The van der Waals surface area contributed by atoms with E-state index in [4.69, 9.17) is 4.74 Å². The van der Waals surface area contributed by atoms with Crippen molar-refractivity contribution in [1.82, 2.24) is 4.68 Å². The van der Waals surface area contributed by atoms with Crippen LogP contribution in [-0.4, -0.2) is 22.9 Å². The first-order valence-electron chi connectivity index (χ1n) is 6.67. The SMILES string of the molecule is CCCCN(C(=O)OC(C)(C)C)n1ccc(S)cc1=O. The minimum absolute atomic E-state index is 0.306. The highest BCUT2D eigenvalue weighted by Gasteiger charge is 2.23. The van der Waals surface area contributed by atoms with Crippen molar-refractivity contribution in [1.29, 1.82) is 0 Å². The third-order valence-corrected chi connectivity index (χ3v) is 2.75. The Labute approximate surface area is 124 Å². The lowest BCUT2D eigenvalue weighted by Crippen LogP contribution is -2.48. The fraction of sp³-hybridized carbons (Fsp3) is 0.571. The molecule has 0 saturated carbocycles. The fourth-order valence-electron chi connectivity index (χ4n) is 1.57. The first kappa shape index (κ1) is 16.6. The summed E-state index contributed by atoms with van der Waals surface area (Å²) in [6.45, 7) is 7.83. The van der Waals surface area contributed by atoms with Crippen LogP contribution in [-0.2, 0) is 4.74 Å². The summed E-state index contributed by atoms with van der Waals surface area (Å²) in [5, 5.41) is 1.32. The molecule has 20 heavy (non-hydrogen) atoms. The monoisotopic (exact) mass is 298 g/mol. The van der Waals surface area contributed by atoms with Gasteiger partial charge < -0.3 is 4.74 Å². The second-order valence-electron chi connectivity index (χ2n) is 5.52. The first-order valence-corrected chi connectivity index (χ1v) is 7.12. The summed E-state index contributed by atoms with van der Waals surface area (Å²) < 4.78 is 6.61. The number of unbranched alkanes of at least 4 members (excludes halogenated alkanes) is 1. The van der Waals surface area contributed by atoms with Crippen molar-refractivity contribution in [3.8, 4) is 0 Å². The zero-order chi connectivity index (χ0) is 15.3. The van der Waals surface area contributed by atoms with Gasteiger partial charge in [0.05, 0.1) is 0 Å². The number of ether oxygens (including phenoxy) is 1. The molecule has 0 aliphatic carbocycles. The van der Waals surface area contributed by atoms with Crippen LogP contribution in [0, 0.1) is 0 Å². The number of rotatable bonds is 4. The molecule has 1 aromatic rings. The Bertz CT molecular complexity index is 520. The van der Waals surface area contributed by atoms with Crippen molar-refractivity contribution >= 4 is 18.7 Å². The van der Waals surface area contributed by atoms with Crippen molar-refractivity contribution in [2.75, 3.05) is 11.6 Å². The van der Waals surface area contributed by atoms with Gasteiger partial charge in [0, 0.05) is 23.7 Å². The van der Waals surface area contributed by atoms with E-state index in [1.165, 1.54) is 21.9 Å². The number of amides is 1. The predicted octanol–water partition coefficient (Wildman–Crippen LogP) is 2.81. The van der Waals surface area contributed by atoms with Crippen molar-refractivity contribution < 1.29 is 9.53 Å². The Morgan fingerprint density at radius 3 is 2.60 bits per heavy atom. The quantitative estimate of drug-likeness (QED) is 0.870. The summed E-state index contributed by atoms with van der Waals surface area (Å²) in [5.41, 5.74) is -0.909. The molecule has 1 amide bonds. The summed E-state index contributed by atoms with van der Waals surface area (Å²) >= 11 is 4.11. The van der Waals surface area contributed by atoms with Crippen LogP contribution in [0.15, 0.2) is 28.0 Å². The Morgan fingerprint density at radius 1 is 1.45 bits per heavy atom. The van der Waals surface area contributed by atoms with E-state index in [1.807, 2.05) is 6.92 Å². The number of hydrogen-bond acceptors (Lipinski definition) is 4. The standard InChI is InChI=1S/C14H22N2O3S/c1-5-6-8-16(13(18)19-14(2,3)4)15-9-7-11(20)10-12(15)17/h7,9-10,20H,5-6,8H2,1-4H3. The van der Waals surface area contributed by atoms with Gasteiger partial charge in [-0.05, 0) is 33.3 Å². The number of hydrogen-bond donors (Lipinski definition) is 1. The molecule has 0 fully saturated rings. The van der Waals surface area contributed by atoms with Gasteiger partial charge in [-0.1, -0.05) is 13.3 Å². The molecule has 0 saturated heterocycles. The third kappa shape index (κ3) is 4.92. The van der Waals surface area contributed by atoms with Crippen LogP contribution < -0.4 is 10.6 Å². The van der Waals surface area contributed by atoms with E-state index >= 15 is 0 Å². The number of nitrogens with zero attached hydrogens (tertiary/aromatic N) is 2. The Morgan fingerprint density at radius 2 is 2.10 bits per heavy atom.